The Balaban J connectivity index is 2.13. The molecule has 0 saturated heterocycles. The maximum absolute atomic E-state index is 11.4. The van der Waals surface area contributed by atoms with Crippen LogP contribution in [-0.2, 0) is 21.2 Å². The molecule has 1 aliphatic rings. The van der Waals surface area contributed by atoms with Crippen molar-refractivity contribution in [3.8, 4) is 0 Å². The molecule has 106 valence electrons. The average molecular weight is 286 g/mol. The Morgan fingerprint density at radius 3 is 2.63 bits per heavy atom. The molecule has 7 heteroatoms. The van der Waals surface area contributed by atoms with Crippen molar-refractivity contribution in [3.05, 3.63) is 12.4 Å². The van der Waals surface area contributed by atoms with Gasteiger partial charge < -0.3 is 5.11 Å². The van der Waals surface area contributed by atoms with Crippen molar-refractivity contribution in [2.24, 2.45) is 11.8 Å². The zero-order valence-corrected chi connectivity index (χ0v) is 11.6. The highest BCUT2D eigenvalue weighted by atomic mass is 32.2. The number of carbonyl (C=O) groups is 1. The van der Waals surface area contributed by atoms with E-state index in [-0.39, 0.29) is 17.4 Å². The van der Waals surface area contributed by atoms with E-state index in [0.717, 1.165) is 31.9 Å². The third-order valence-corrected chi connectivity index (χ3v) is 4.77. The molecule has 19 heavy (non-hydrogen) atoms. The number of aromatic nitrogens is 2. The molecule has 1 fully saturated rings. The fraction of sp³-hybridized carbons (Fsp3) is 0.667. The van der Waals surface area contributed by atoms with Gasteiger partial charge in [-0.3, -0.25) is 9.48 Å². The number of sulfone groups is 1. The Bertz CT molecular complexity index is 558. The highest BCUT2D eigenvalue weighted by Gasteiger charge is 2.31. The van der Waals surface area contributed by atoms with E-state index in [1.165, 1.54) is 17.1 Å². The van der Waals surface area contributed by atoms with Crippen molar-refractivity contribution in [1.82, 2.24) is 9.78 Å². The van der Waals surface area contributed by atoms with Gasteiger partial charge in [0, 0.05) is 12.5 Å². The predicted molar refractivity (Wildman–Crippen MR) is 68.4 cm³/mol. The van der Waals surface area contributed by atoms with Gasteiger partial charge in [-0.2, -0.15) is 5.10 Å². The molecule has 1 saturated carbocycles. The molecule has 1 heterocycles. The average Bonchev–Trinajstić information content (AvgIpc) is 2.95. The second-order valence-electron chi connectivity index (χ2n) is 5.16. The lowest BCUT2D eigenvalue weighted by atomic mass is 9.91. The summed E-state index contributed by atoms with van der Waals surface area (Å²) in [4.78, 5) is 11.5. The molecule has 1 aromatic heterocycles. The van der Waals surface area contributed by atoms with Crippen LogP contribution >= 0.6 is 0 Å². The fourth-order valence-electron chi connectivity index (χ4n) is 2.63. The van der Waals surface area contributed by atoms with Gasteiger partial charge in [0.25, 0.3) is 0 Å². The van der Waals surface area contributed by atoms with Gasteiger partial charge >= 0.3 is 5.97 Å². The van der Waals surface area contributed by atoms with E-state index >= 15 is 0 Å². The number of carboxylic acids is 1. The van der Waals surface area contributed by atoms with Gasteiger partial charge in [0.1, 0.15) is 4.90 Å². The SMILES string of the molecule is CS(=O)(=O)c1cnn(CC(C(=O)O)C2CCCC2)c1. The highest BCUT2D eigenvalue weighted by Crippen LogP contribution is 2.32. The molecule has 6 nitrogen and oxygen atoms in total. The minimum atomic E-state index is -3.29. The topological polar surface area (TPSA) is 89.3 Å². The smallest absolute Gasteiger partial charge is 0.308 e. The van der Waals surface area contributed by atoms with Gasteiger partial charge in [-0.15, -0.1) is 0 Å². The van der Waals surface area contributed by atoms with Crippen molar-refractivity contribution in [2.75, 3.05) is 6.26 Å². The second kappa shape index (κ2) is 5.32. The van der Waals surface area contributed by atoms with Crippen molar-refractivity contribution in [3.63, 3.8) is 0 Å². The van der Waals surface area contributed by atoms with Crippen molar-refractivity contribution >= 4 is 15.8 Å². The van der Waals surface area contributed by atoms with Crippen molar-refractivity contribution in [1.29, 1.82) is 0 Å². The van der Waals surface area contributed by atoms with Crippen LogP contribution in [0.15, 0.2) is 17.3 Å². The standard InChI is InChI=1S/C12H18N2O4S/c1-19(17,18)10-6-13-14(7-10)8-11(12(15)16)9-4-2-3-5-9/h6-7,9,11H,2-5,8H2,1H3,(H,15,16). The number of nitrogens with zero attached hydrogens (tertiary/aromatic N) is 2. The number of hydrogen-bond donors (Lipinski definition) is 1. The summed E-state index contributed by atoms with van der Waals surface area (Å²) in [5.74, 6) is -1.15. The Hall–Kier alpha value is -1.37. The normalized spacial score (nSPS) is 18.6. The Labute approximate surface area is 112 Å². The summed E-state index contributed by atoms with van der Waals surface area (Å²) >= 11 is 0. The van der Waals surface area contributed by atoms with Crippen LogP contribution in [0.2, 0.25) is 0 Å². The highest BCUT2D eigenvalue weighted by molar-refractivity contribution is 7.90. The summed E-state index contributed by atoms with van der Waals surface area (Å²) in [5, 5.41) is 13.3. The Morgan fingerprint density at radius 1 is 1.53 bits per heavy atom. The van der Waals surface area contributed by atoms with Crippen molar-refractivity contribution < 1.29 is 18.3 Å². The minimum absolute atomic E-state index is 0.128. The summed E-state index contributed by atoms with van der Waals surface area (Å²) in [6.45, 7) is 0.232. The van der Waals surface area contributed by atoms with Gasteiger partial charge in [0.2, 0.25) is 0 Å². The van der Waals surface area contributed by atoms with E-state index in [1.54, 1.807) is 0 Å². The van der Waals surface area contributed by atoms with E-state index < -0.39 is 21.7 Å². The van der Waals surface area contributed by atoms with Crippen LogP contribution in [0, 0.1) is 11.8 Å². The molecular weight excluding hydrogens is 268 g/mol. The molecule has 1 atom stereocenters. The fourth-order valence-corrected chi connectivity index (χ4v) is 3.18. The van der Waals surface area contributed by atoms with Gasteiger partial charge in [-0.05, 0) is 18.8 Å². The van der Waals surface area contributed by atoms with Gasteiger partial charge in [0.15, 0.2) is 9.84 Å². The second-order valence-corrected chi connectivity index (χ2v) is 7.18. The van der Waals surface area contributed by atoms with Crippen LogP contribution in [0.5, 0.6) is 0 Å². The quantitative estimate of drug-likeness (QED) is 0.877. The van der Waals surface area contributed by atoms with E-state index in [0.29, 0.717) is 0 Å². The van der Waals surface area contributed by atoms with Crippen LogP contribution in [0.3, 0.4) is 0 Å². The molecule has 1 aliphatic carbocycles. The zero-order valence-electron chi connectivity index (χ0n) is 10.8. The third-order valence-electron chi connectivity index (χ3n) is 3.71. The number of carboxylic acid groups (broad SMARTS) is 1. The van der Waals surface area contributed by atoms with Crippen LogP contribution in [0.1, 0.15) is 25.7 Å². The lowest BCUT2D eigenvalue weighted by Gasteiger charge is -2.18. The predicted octanol–water partition coefficient (Wildman–Crippen LogP) is 1.18. The van der Waals surface area contributed by atoms with E-state index in [1.807, 2.05) is 0 Å². The van der Waals surface area contributed by atoms with Gasteiger partial charge in [-0.25, -0.2) is 8.42 Å². The number of aliphatic carboxylic acids is 1. The van der Waals surface area contributed by atoms with E-state index in [4.69, 9.17) is 0 Å². The van der Waals surface area contributed by atoms with Crippen LogP contribution in [0.25, 0.3) is 0 Å². The summed E-state index contributed by atoms with van der Waals surface area (Å²) < 4.78 is 24.1. The number of rotatable bonds is 5. The molecule has 1 N–H and O–H groups in total. The maximum Gasteiger partial charge on any atom is 0.308 e. The first kappa shape index (κ1) is 14.0. The monoisotopic (exact) mass is 286 g/mol. The Kier molecular flexibility index (Phi) is 3.93. The third kappa shape index (κ3) is 3.34. The first-order chi connectivity index (χ1) is 8.88. The molecular formula is C12H18N2O4S. The van der Waals surface area contributed by atoms with Gasteiger partial charge in [-0.1, -0.05) is 12.8 Å². The Morgan fingerprint density at radius 2 is 2.16 bits per heavy atom. The minimum Gasteiger partial charge on any atom is -0.481 e. The van der Waals surface area contributed by atoms with Gasteiger partial charge in [0.05, 0.1) is 18.7 Å². The molecule has 0 bridgehead atoms. The van der Waals surface area contributed by atoms with Crippen molar-refractivity contribution in [2.45, 2.75) is 37.1 Å². The largest absolute Gasteiger partial charge is 0.481 e. The molecule has 1 unspecified atom stereocenters. The molecule has 0 aliphatic heterocycles. The van der Waals surface area contributed by atoms with Crippen LogP contribution in [-0.4, -0.2) is 35.5 Å². The first-order valence-electron chi connectivity index (χ1n) is 6.33. The molecule has 0 amide bonds. The van der Waals surface area contributed by atoms with E-state index in [2.05, 4.69) is 5.10 Å². The first-order valence-corrected chi connectivity index (χ1v) is 8.22. The summed E-state index contributed by atoms with van der Waals surface area (Å²) in [7, 11) is -3.29. The molecule has 1 aromatic rings. The molecule has 0 radical (unpaired) electrons. The zero-order chi connectivity index (χ0) is 14.0. The molecule has 0 spiro atoms. The lowest BCUT2D eigenvalue weighted by Crippen LogP contribution is -2.27. The van der Waals surface area contributed by atoms with E-state index in [9.17, 15) is 18.3 Å². The summed E-state index contributed by atoms with van der Waals surface area (Å²) in [6, 6.07) is 0. The summed E-state index contributed by atoms with van der Waals surface area (Å²) in [6.07, 6.45) is 7.78. The lowest BCUT2D eigenvalue weighted by molar-refractivity contribution is -0.144. The molecule has 0 aromatic carbocycles. The van der Waals surface area contributed by atoms with Crippen LogP contribution in [0.4, 0.5) is 0 Å². The summed E-state index contributed by atoms with van der Waals surface area (Å²) in [5.41, 5.74) is 0. The number of hydrogen-bond acceptors (Lipinski definition) is 4. The van der Waals surface area contributed by atoms with Crippen LogP contribution < -0.4 is 0 Å². The molecule has 2 rings (SSSR count). The maximum atomic E-state index is 11.4.